The number of carbonyl (C=O) groups excluding carboxylic acids is 1. The molecule has 2 heteroatoms. The average molecular weight is 284 g/mol. The summed E-state index contributed by atoms with van der Waals surface area (Å²) in [6, 6.07) is 13.7. The molecular weight excluding hydrogens is 275 g/mol. The van der Waals surface area contributed by atoms with Crippen LogP contribution in [0.25, 0.3) is 10.8 Å². The number of benzene rings is 2. The zero-order valence-electron chi connectivity index (χ0n) is 6.94. The van der Waals surface area contributed by atoms with Gasteiger partial charge in [0.2, 0.25) is 0 Å². The van der Waals surface area contributed by atoms with Crippen molar-refractivity contribution in [1.82, 2.24) is 0 Å². The summed E-state index contributed by atoms with van der Waals surface area (Å²) >= 11 is 0. The first-order chi connectivity index (χ1) is 5.90. The maximum absolute atomic E-state index is 10.5. The van der Waals surface area contributed by atoms with Crippen LogP contribution in [0.1, 0.15) is 10.4 Å². The Hall–Kier alpha value is -0.900. The zero-order chi connectivity index (χ0) is 8.39. The van der Waals surface area contributed by atoms with Gasteiger partial charge in [0.25, 0.3) is 0 Å². The van der Waals surface area contributed by atoms with Crippen molar-refractivity contribution in [2.45, 2.75) is 0 Å². The first-order valence-corrected chi connectivity index (χ1v) is 3.84. The Kier molecular flexibility index (Phi) is 3.42. The molecule has 2 rings (SSSR count). The Bertz CT molecular complexity index is 423. The number of rotatable bonds is 1. The van der Waals surface area contributed by atoms with E-state index >= 15 is 0 Å². The fourth-order valence-corrected chi connectivity index (χ4v) is 1.28. The molecule has 66 valence electrons. The number of fused-ring (bicyclic) bond motifs is 1. The highest BCUT2D eigenvalue weighted by Crippen LogP contribution is 2.14. The van der Waals surface area contributed by atoms with Gasteiger partial charge in [0.1, 0.15) is 6.29 Å². The molecule has 2 aromatic rings. The average Bonchev–Trinajstić information content (AvgIpc) is 2.17. The molecular formula is C11H9IO. The third kappa shape index (κ3) is 2.06. The molecule has 0 bridgehead atoms. The van der Waals surface area contributed by atoms with Crippen LogP contribution in [0.15, 0.2) is 42.5 Å². The van der Waals surface area contributed by atoms with Gasteiger partial charge in [-0.05, 0) is 16.8 Å². The van der Waals surface area contributed by atoms with Gasteiger partial charge in [-0.1, -0.05) is 36.4 Å². The molecule has 0 aliphatic heterocycles. The topological polar surface area (TPSA) is 17.1 Å². The second-order valence-electron chi connectivity index (χ2n) is 2.72. The van der Waals surface area contributed by atoms with Crippen molar-refractivity contribution in [3.05, 3.63) is 48.0 Å². The van der Waals surface area contributed by atoms with Crippen molar-refractivity contribution >= 4 is 41.0 Å². The zero-order valence-corrected chi connectivity index (χ0v) is 9.27. The largest absolute Gasteiger partial charge is 0.298 e. The lowest BCUT2D eigenvalue weighted by atomic mass is 10.1. The van der Waals surface area contributed by atoms with E-state index in [0.29, 0.717) is 0 Å². The highest BCUT2D eigenvalue weighted by Gasteiger charge is 1.92. The fourth-order valence-electron chi connectivity index (χ4n) is 1.28. The molecule has 0 aromatic heterocycles. The third-order valence-corrected chi connectivity index (χ3v) is 1.91. The van der Waals surface area contributed by atoms with E-state index in [-0.39, 0.29) is 24.0 Å². The summed E-state index contributed by atoms with van der Waals surface area (Å²) in [5.74, 6) is 0. The molecule has 0 aliphatic carbocycles. The van der Waals surface area contributed by atoms with Crippen molar-refractivity contribution < 1.29 is 4.79 Å². The summed E-state index contributed by atoms with van der Waals surface area (Å²) in [7, 11) is 0. The Balaban J connectivity index is 0.000000845. The standard InChI is InChI=1S/C11H8O.HI/c12-8-9-5-6-10-3-1-2-4-11(10)7-9;/h1-8H;1H. The summed E-state index contributed by atoms with van der Waals surface area (Å²) in [4.78, 5) is 10.5. The van der Waals surface area contributed by atoms with E-state index in [1.165, 1.54) is 5.39 Å². The Morgan fingerprint density at radius 2 is 1.62 bits per heavy atom. The second kappa shape index (κ2) is 4.37. The molecule has 0 saturated carbocycles. The predicted molar refractivity (Wildman–Crippen MR) is 64.8 cm³/mol. The SMILES string of the molecule is I.O=Cc1ccc2ccccc2c1. The van der Waals surface area contributed by atoms with Gasteiger partial charge < -0.3 is 0 Å². The van der Waals surface area contributed by atoms with Crippen LogP contribution in [0.4, 0.5) is 0 Å². The van der Waals surface area contributed by atoms with Crippen LogP contribution in [-0.2, 0) is 0 Å². The molecule has 0 spiro atoms. The Morgan fingerprint density at radius 1 is 0.923 bits per heavy atom. The minimum absolute atomic E-state index is 0. The van der Waals surface area contributed by atoms with E-state index in [0.717, 1.165) is 17.2 Å². The summed E-state index contributed by atoms with van der Waals surface area (Å²) in [5, 5.41) is 2.28. The van der Waals surface area contributed by atoms with Crippen molar-refractivity contribution in [3.8, 4) is 0 Å². The molecule has 0 heterocycles. The Labute approximate surface area is 93.8 Å². The molecule has 0 saturated heterocycles. The molecule has 13 heavy (non-hydrogen) atoms. The summed E-state index contributed by atoms with van der Waals surface area (Å²) in [5.41, 5.74) is 0.730. The highest BCUT2D eigenvalue weighted by atomic mass is 127. The minimum atomic E-state index is 0. The monoisotopic (exact) mass is 284 g/mol. The molecule has 0 radical (unpaired) electrons. The smallest absolute Gasteiger partial charge is 0.150 e. The van der Waals surface area contributed by atoms with Gasteiger partial charge in [-0.2, -0.15) is 0 Å². The van der Waals surface area contributed by atoms with E-state index in [4.69, 9.17) is 0 Å². The third-order valence-electron chi connectivity index (χ3n) is 1.91. The highest BCUT2D eigenvalue weighted by molar-refractivity contribution is 14.0. The predicted octanol–water partition coefficient (Wildman–Crippen LogP) is 3.27. The van der Waals surface area contributed by atoms with E-state index in [1.807, 2.05) is 42.5 Å². The van der Waals surface area contributed by atoms with Crippen LogP contribution in [0.5, 0.6) is 0 Å². The Morgan fingerprint density at radius 3 is 2.31 bits per heavy atom. The number of aldehydes is 1. The van der Waals surface area contributed by atoms with E-state index < -0.39 is 0 Å². The quantitative estimate of drug-likeness (QED) is 0.580. The number of hydrogen-bond donors (Lipinski definition) is 0. The van der Waals surface area contributed by atoms with Crippen molar-refractivity contribution in [2.24, 2.45) is 0 Å². The molecule has 0 aliphatic rings. The molecule has 0 N–H and O–H groups in total. The van der Waals surface area contributed by atoms with Crippen LogP contribution in [0.2, 0.25) is 0 Å². The molecule has 0 amide bonds. The van der Waals surface area contributed by atoms with Crippen molar-refractivity contribution in [1.29, 1.82) is 0 Å². The fraction of sp³-hybridized carbons (Fsp3) is 0. The van der Waals surface area contributed by atoms with Gasteiger partial charge >= 0.3 is 0 Å². The molecule has 0 atom stereocenters. The van der Waals surface area contributed by atoms with Crippen molar-refractivity contribution in [3.63, 3.8) is 0 Å². The summed E-state index contributed by atoms with van der Waals surface area (Å²) in [6.45, 7) is 0. The van der Waals surface area contributed by atoms with Crippen LogP contribution in [0.3, 0.4) is 0 Å². The summed E-state index contributed by atoms with van der Waals surface area (Å²) < 4.78 is 0. The maximum Gasteiger partial charge on any atom is 0.150 e. The number of halogens is 1. The molecule has 0 unspecified atom stereocenters. The lowest BCUT2D eigenvalue weighted by Gasteiger charge is -1.96. The number of hydrogen-bond acceptors (Lipinski definition) is 1. The first-order valence-electron chi connectivity index (χ1n) is 3.84. The van der Waals surface area contributed by atoms with Gasteiger partial charge in [0.05, 0.1) is 0 Å². The normalized spacial score (nSPS) is 9.23. The van der Waals surface area contributed by atoms with Gasteiger partial charge in [0, 0.05) is 5.56 Å². The molecule has 2 aromatic carbocycles. The lowest BCUT2D eigenvalue weighted by Crippen LogP contribution is -1.78. The van der Waals surface area contributed by atoms with E-state index in [9.17, 15) is 4.79 Å². The van der Waals surface area contributed by atoms with Crippen LogP contribution in [0, 0.1) is 0 Å². The van der Waals surface area contributed by atoms with E-state index in [1.54, 1.807) is 0 Å². The van der Waals surface area contributed by atoms with E-state index in [2.05, 4.69) is 0 Å². The van der Waals surface area contributed by atoms with Crippen molar-refractivity contribution in [2.75, 3.05) is 0 Å². The lowest BCUT2D eigenvalue weighted by molar-refractivity contribution is 0.112. The maximum atomic E-state index is 10.5. The van der Waals surface area contributed by atoms with Gasteiger partial charge in [-0.25, -0.2) is 0 Å². The number of carbonyl (C=O) groups is 1. The van der Waals surface area contributed by atoms with Gasteiger partial charge in [-0.15, -0.1) is 24.0 Å². The van der Waals surface area contributed by atoms with Crippen LogP contribution >= 0.6 is 24.0 Å². The minimum Gasteiger partial charge on any atom is -0.298 e. The first kappa shape index (κ1) is 10.2. The second-order valence-corrected chi connectivity index (χ2v) is 2.72. The van der Waals surface area contributed by atoms with Gasteiger partial charge in [-0.3, -0.25) is 4.79 Å². The van der Waals surface area contributed by atoms with Crippen LogP contribution < -0.4 is 0 Å². The summed E-state index contributed by atoms with van der Waals surface area (Å²) in [6.07, 6.45) is 0.867. The molecule has 1 nitrogen and oxygen atoms in total. The van der Waals surface area contributed by atoms with Gasteiger partial charge in [0.15, 0.2) is 0 Å². The van der Waals surface area contributed by atoms with Crippen LogP contribution in [-0.4, -0.2) is 6.29 Å². The molecule has 0 fully saturated rings.